The molecule has 1 N–H and O–H groups in total. The summed E-state index contributed by atoms with van der Waals surface area (Å²) in [4.78, 5) is 0. The number of ether oxygens (including phenoxy) is 1. The van der Waals surface area contributed by atoms with Crippen molar-refractivity contribution >= 4 is 46.4 Å². The number of aryl methyl sites for hydroxylation is 2. The lowest BCUT2D eigenvalue weighted by Gasteiger charge is -2.06. The molecule has 0 radical (unpaired) electrons. The minimum absolute atomic E-state index is 0.0640. The van der Waals surface area contributed by atoms with Crippen molar-refractivity contribution in [2.45, 2.75) is 13.8 Å². The lowest BCUT2D eigenvalue weighted by atomic mass is 10.2. The molecule has 0 atom stereocenters. The summed E-state index contributed by atoms with van der Waals surface area (Å²) < 4.78 is 5.04. The quantitative estimate of drug-likeness (QED) is 0.639. The van der Waals surface area contributed by atoms with Gasteiger partial charge in [-0.25, -0.2) is 0 Å². The van der Waals surface area contributed by atoms with E-state index in [0.717, 1.165) is 11.1 Å². The lowest BCUT2D eigenvalue weighted by molar-refractivity contribution is 0.412. The Kier molecular flexibility index (Phi) is 6.95. The molecule has 0 amide bonds. The molecule has 0 saturated heterocycles. The van der Waals surface area contributed by atoms with Gasteiger partial charge >= 0.3 is 0 Å². The third-order valence-corrected chi connectivity index (χ3v) is 4.30. The second-order valence-corrected chi connectivity index (χ2v) is 5.81. The number of hydrogen-bond acceptors (Lipinski definition) is 2. The second-order valence-electron chi connectivity index (χ2n) is 4.24. The second kappa shape index (κ2) is 8.00. The van der Waals surface area contributed by atoms with Crippen molar-refractivity contribution in [2.75, 3.05) is 7.11 Å². The van der Waals surface area contributed by atoms with Gasteiger partial charge in [0.2, 0.25) is 0 Å². The van der Waals surface area contributed by atoms with E-state index in [0.29, 0.717) is 20.8 Å². The van der Waals surface area contributed by atoms with Gasteiger partial charge in [0, 0.05) is 0 Å². The van der Waals surface area contributed by atoms with E-state index in [1.54, 1.807) is 32.2 Å². The normalized spacial score (nSPS) is 9.86. The summed E-state index contributed by atoms with van der Waals surface area (Å²) in [5.74, 6) is 0.716. The number of halogens is 4. The number of benzene rings is 2. The Labute approximate surface area is 144 Å². The van der Waals surface area contributed by atoms with E-state index in [1.165, 1.54) is 0 Å². The third-order valence-electron chi connectivity index (χ3n) is 2.72. The molecule has 0 aliphatic heterocycles. The fraction of sp³-hybridized carbons (Fsp3) is 0.200. The molecule has 2 nitrogen and oxygen atoms in total. The Morgan fingerprint density at radius 1 is 0.810 bits per heavy atom. The molecule has 2 aromatic rings. The molecule has 0 saturated carbocycles. The zero-order chi connectivity index (χ0) is 16.2. The molecule has 21 heavy (non-hydrogen) atoms. The van der Waals surface area contributed by atoms with Crippen molar-refractivity contribution < 1.29 is 9.84 Å². The molecule has 2 rings (SSSR count). The molecule has 6 heteroatoms. The maximum Gasteiger partial charge on any atom is 0.141 e. The average molecular weight is 368 g/mol. The van der Waals surface area contributed by atoms with Crippen LogP contribution >= 0.6 is 46.4 Å². The third kappa shape index (κ3) is 4.58. The highest BCUT2D eigenvalue weighted by molar-refractivity contribution is 6.43. The molecular weight excluding hydrogens is 354 g/mol. The van der Waals surface area contributed by atoms with Gasteiger partial charge in [0.25, 0.3) is 0 Å². The van der Waals surface area contributed by atoms with E-state index in [4.69, 9.17) is 51.1 Å². The standard InChI is InChI=1S/C8H8Cl2O.C7H6Cl2O/c1-5-3-4-6(9)7(10)8(5)11-2;1-4-2-3-5(8)6(9)7(4)10/h3-4H,1-2H3;2-3,10H,1H3. The van der Waals surface area contributed by atoms with Crippen LogP contribution in [0.3, 0.4) is 0 Å². The average Bonchev–Trinajstić information content (AvgIpc) is 2.46. The van der Waals surface area contributed by atoms with Crippen molar-refractivity contribution in [2.24, 2.45) is 0 Å². The molecule has 0 heterocycles. The fourth-order valence-electron chi connectivity index (χ4n) is 1.52. The molecule has 0 aliphatic carbocycles. The smallest absolute Gasteiger partial charge is 0.141 e. The number of rotatable bonds is 1. The van der Waals surface area contributed by atoms with Crippen molar-refractivity contribution in [3.05, 3.63) is 55.5 Å². The Bertz CT molecular complexity index is 615. The van der Waals surface area contributed by atoms with E-state index in [1.807, 2.05) is 13.0 Å². The highest BCUT2D eigenvalue weighted by atomic mass is 35.5. The molecule has 0 bridgehead atoms. The summed E-state index contributed by atoms with van der Waals surface area (Å²) in [6.07, 6.45) is 0. The number of phenolic OH excluding ortho intramolecular Hbond substituents is 1. The predicted octanol–water partition coefficient (Wildman–Crippen LogP) is 6.32. The van der Waals surface area contributed by atoms with Gasteiger partial charge in [-0.1, -0.05) is 58.5 Å². The van der Waals surface area contributed by atoms with Gasteiger partial charge in [0.15, 0.2) is 0 Å². The van der Waals surface area contributed by atoms with Crippen molar-refractivity contribution in [1.29, 1.82) is 0 Å². The number of hydrogen-bond donors (Lipinski definition) is 1. The Morgan fingerprint density at radius 2 is 1.29 bits per heavy atom. The first-order valence-corrected chi connectivity index (χ1v) is 7.43. The van der Waals surface area contributed by atoms with Gasteiger partial charge in [0.05, 0.1) is 17.2 Å². The largest absolute Gasteiger partial charge is 0.506 e. The summed E-state index contributed by atoms with van der Waals surface area (Å²) >= 11 is 22.8. The van der Waals surface area contributed by atoms with E-state index >= 15 is 0 Å². The number of methoxy groups -OCH3 is 1. The van der Waals surface area contributed by atoms with E-state index in [2.05, 4.69) is 0 Å². The molecule has 0 unspecified atom stereocenters. The van der Waals surface area contributed by atoms with Crippen LogP contribution in [0.1, 0.15) is 11.1 Å². The molecule has 0 aromatic heterocycles. The van der Waals surface area contributed by atoms with Crippen LogP contribution < -0.4 is 4.74 Å². The predicted molar refractivity (Wildman–Crippen MR) is 90.6 cm³/mol. The van der Waals surface area contributed by atoms with E-state index in [9.17, 15) is 5.11 Å². The summed E-state index contributed by atoms with van der Waals surface area (Å²) in [5, 5.41) is 10.8. The topological polar surface area (TPSA) is 29.5 Å². The fourth-order valence-corrected chi connectivity index (χ4v) is 2.32. The molecule has 2 aromatic carbocycles. The van der Waals surface area contributed by atoms with Crippen LogP contribution in [0.15, 0.2) is 24.3 Å². The molecule has 114 valence electrons. The first kappa shape index (κ1) is 18.2. The van der Waals surface area contributed by atoms with Crippen LogP contribution in [0.25, 0.3) is 0 Å². The Hall–Kier alpha value is -0.800. The number of aromatic hydroxyl groups is 1. The van der Waals surface area contributed by atoms with Gasteiger partial charge in [-0.15, -0.1) is 0 Å². The van der Waals surface area contributed by atoms with Crippen LogP contribution in [0.4, 0.5) is 0 Å². The SMILES string of the molecule is COc1c(C)ccc(Cl)c1Cl.Cc1ccc(Cl)c(Cl)c1O. The highest BCUT2D eigenvalue weighted by Crippen LogP contribution is 2.34. The minimum atomic E-state index is 0.0640. The summed E-state index contributed by atoms with van der Waals surface area (Å²) in [7, 11) is 1.57. The Balaban J connectivity index is 0.000000211. The molecule has 0 aliphatic rings. The summed E-state index contributed by atoms with van der Waals surface area (Å²) in [6.45, 7) is 3.68. The van der Waals surface area contributed by atoms with Crippen LogP contribution in [0, 0.1) is 13.8 Å². The monoisotopic (exact) mass is 366 g/mol. The van der Waals surface area contributed by atoms with Crippen molar-refractivity contribution in [3.63, 3.8) is 0 Å². The number of phenols is 1. The van der Waals surface area contributed by atoms with E-state index < -0.39 is 0 Å². The maximum atomic E-state index is 9.17. The zero-order valence-corrected chi connectivity index (χ0v) is 14.7. The van der Waals surface area contributed by atoms with Crippen LogP contribution in [0.2, 0.25) is 20.1 Å². The maximum absolute atomic E-state index is 9.17. The zero-order valence-electron chi connectivity index (χ0n) is 11.7. The van der Waals surface area contributed by atoms with Crippen LogP contribution in [0.5, 0.6) is 11.5 Å². The molecule has 0 spiro atoms. The van der Waals surface area contributed by atoms with Gasteiger partial charge in [-0.2, -0.15) is 0 Å². The summed E-state index contributed by atoms with van der Waals surface area (Å²) in [6, 6.07) is 6.98. The molecule has 0 fully saturated rings. The van der Waals surface area contributed by atoms with Gasteiger partial charge in [-0.05, 0) is 37.1 Å². The first-order chi connectivity index (χ1) is 9.79. The van der Waals surface area contributed by atoms with Crippen molar-refractivity contribution in [3.8, 4) is 11.5 Å². The summed E-state index contributed by atoms with van der Waals surface area (Å²) in [5.41, 5.74) is 1.72. The van der Waals surface area contributed by atoms with E-state index in [-0.39, 0.29) is 10.8 Å². The lowest BCUT2D eigenvalue weighted by Crippen LogP contribution is -1.87. The van der Waals surface area contributed by atoms with Gasteiger partial charge < -0.3 is 9.84 Å². The van der Waals surface area contributed by atoms with Crippen molar-refractivity contribution in [1.82, 2.24) is 0 Å². The molecular formula is C15H14Cl4O2. The van der Waals surface area contributed by atoms with Crippen LogP contribution in [-0.2, 0) is 0 Å². The Morgan fingerprint density at radius 3 is 1.71 bits per heavy atom. The van der Waals surface area contributed by atoms with Gasteiger partial charge in [0.1, 0.15) is 21.5 Å². The van der Waals surface area contributed by atoms with Crippen LogP contribution in [-0.4, -0.2) is 12.2 Å². The minimum Gasteiger partial charge on any atom is -0.506 e. The van der Waals surface area contributed by atoms with Gasteiger partial charge in [-0.3, -0.25) is 0 Å². The highest BCUT2D eigenvalue weighted by Gasteiger charge is 2.07. The first-order valence-electron chi connectivity index (χ1n) is 5.91.